The van der Waals surface area contributed by atoms with Crippen LogP contribution in [0.5, 0.6) is 5.75 Å². The molecule has 2 aromatic rings. The maximum Gasteiger partial charge on any atom is 0.131 e. The van der Waals surface area contributed by atoms with Crippen LogP contribution in [0.15, 0.2) is 23.7 Å². The van der Waals surface area contributed by atoms with Crippen LogP contribution in [0.4, 0.5) is 4.39 Å². The number of halogens is 1. The van der Waals surface area contributed by atoms with E-state index in [1.165, 1.54) is 10.9 Å². The van der Waals surface area contributed by atoms with Crippen LogP contribution in [-0.4, -0.2) is 12.1 Å². The molecule has 0 amide bonds. The highest BCUT2D eigenvalue weighted by Crippen LogP contribution is 2.28. The summed E-state index contributed by atoms with van der Waals surface area (Å²) >= 11 is 1.60. The molecule has 1 N–H and O–H groups in total. The van der Waals surface area contributed by atoms with Crippen LogP contribution < -0.4 is 10.1 Å². The van der Waals surface area contributed by atoms with Crippen LogP contribution >= 0.6 is 11.3 Å². The number of nitrogens with zero attached hydrogens (tertiary/aromatic N) is 1. The summed E-state index contributed by atoms with van der Waals surface area (Å²) in [5.41, 5.74) is 3.40. The van der Waals surface area contributed by atoms with Crippen LogP contribution in [0.2, 0.25) is 0 Å². The molecule has 1 aromatic carbocycles. The number of nitrogens with one attached hydrogen (secondary N) is 1. The molecule has 0 radical (unpaired) electrons. The molecule has 1 atom stereocenters. The summed E-state index contributed by atoms with van der Waals surface area (Å²) in [7, 11) is 1.55. The Kier molecular flexibility index (Phi) is 4.50. The Bertz CT molecular complexity index is 556. The number of methoxy groups -OCH3 is 1. The summed E-state index contributed by atoms with van der Waals surface area (Å²) < 4.78 is 19.1. The van der Waals surface area contributed by atoms with Gasteiger partial charge in [-0.1, -0.05) is 6.07 Å². The average Bonchev–Trinajstić information content (AvgIpc) is 2.81. The van der Waals surface area contributed by atoms with Crippen LogP contribution in [0.1, 0.15) is 29.1 Å². The Morgan fingerprint density at radius 1 is 1.47 bits per heavy atom. The first-order chi connectivity index (χ1) is 9.13. The minimum absolute atomic E-state index is 0.127. The van der Waals surface area contributed by atoms with E-state index in [9.17, 15) is 4.39 Å². The number of benzene rings is 1. The Labute approximate surface area is 116 Å². The van der Waals surface area contributed by atoms with Crippen molar-refractivity contribution >= 4 is 11.3 Å². The lowest BCUT2D eigenvalue weighted by atomic mass is 10.1. The van der Waals surface area contributed by atoms with Gasteiger partial charge in [-0.05, 0) is 26.0 Å². The third kappa shape index (κ3) is 3.11. The van der Waals surface area contributed by atoms with Gasteiger partial charge in [0.15, 0.2) is 0 Å². The number of ether oxygens (including phenoxy) is 1. The molecule has 0 saturated carbocycles. The van der Waals surface area contributed by atoms with E-state index >= 15 is 0 Å². The lowest BCUT2D eigenvalue weighted by molar-refractivity contribution is 0.393. The summed E-state index contributed by atoms with van der Waals surface area (Å²) in [4.78, 5) is 5.37. The number of aromatic nitrogens is 1. The minimum atomic E-state index is -0.250. The highest BCUT2D eigenvalue weighted by Gasteiger charge is 2.16. The molecule has 1 unspecified atom stereocenters. The van der Waals surface area contributed by atoms with E-state index in [1.54, 1.807) is 30.6 Å². The van der Waals surface area contributed by atoms with Gasteiger partial charge in [-0.15, -0.1) is 11.3 Å². The van der Waals surface area contributed by atoms with Gasteiger partial charge in [0.05, 0.1) is 18.3 Å². The lowest BCUT2D eigenvalue weighted by Crippen LogP contribution is -2.19. The molecule has 1 aromatic heterocycles. The van der Waals surface area contributed by atoms with Crippen molar-refractivity contribution in [3.8, 4) is 5.75 Å². The molecule has 102 valence electrons. The zero-order valence-corrected chi connectivity index (χ0v) is 12.1. The van der Waals surface area contributed by atoms with Gasteiger partial charge in [-0.3, -0.25) is 0 Å². The smallest absolute Gasteiger partial charge is 0.131 e. The van der Waals surface area contributed by atoms with E-state index in [-0.39, 0.29) is 11.9 Å². The van der Waals surface area contributed by atoms with Gasteiger partial charge in [0.2, 0.25) is 0 Å². The number of thiazole rings is 1. The fourth-order valence-electron chi connectivity index (χ4n) is 1.96. The Balaban J connectivity index is 2.12. The monoisotopic (exact) mass is 280 g/mol. The molecule has 3 nitrogen and oxygen atoms in total. The lowest BCUT2D eigenvalue weighted by Gasteiger charge is -2.17. The average molecular weight is 280 g/mol. The van der Waals surface area contributed by atoms with Crippen molar-refractivity contribution in [3.63, 3.8) is 0 Å². The molecule has 0 aliphatic rings. The third-order valence-electron chi connectivity index (χ3n) is 3.08. The predicted octanol–water partition coefficient (Wildman–Crippen LogP) is 3.45. The van der Waals surface area contributed by atoms with Gasteiger partial charge in [0.1, 0.15) is 11.6 Å². The molecule has 0 fully saturated rings. The Morgan fingerprint density at radius 2 is 2.26 bits per heavy atom. The normalized spacial score (nSPS) is 12.4. The standard InChI is InChI=1S/C14H17FN2OS/c1-9-13(19-8-17-9)7-16-10(2)14-11(15)5-4-6-12(14)18-3/h4-6,8,10,16H,7H2,1-3H3. The minimum Gasteiger partial charge on any atom is -0.496 e. The zero-order valence-electron chi connectivity index (χ0n) is 11.2. The first kappa shape index (κ1) is 14.0. The molecule has 0 spiro atoms. The molecule has 0 bridgehead atoms. The van der Waals surface area contributed by atoms with Crippen molar-refractivity contribution in [3.05, 3.63) is 45.7 Å². The molecule has 1 heterocycles. The van der Waals surface area contributed by atoms with Gasteiger partial charge >= 0.3 is 0 Å². The van der Waals surface area contributed by atoms with Gasteiger partial charge in [-0.25, -0.2) is 9.37 Å². The summed E-state index contributed by atoms with van der Waals surface area (Å²) in [5, 5.41) is 3.31. The van der Waals surface area contributed by atoms with Gasteiger partial charge in [0, 0.05) is 23.0 Å². The Hall–Kier alpha value is -1.46. The van der Waals surface area contributed by atoms with Crippen molar-refractivity contribution < 1.29 is 9.13 Å². The van der Waals surface area contributed by atoms with E-state index < -0.39 is 0 Å². The number of hydrogen-bond acceptors (Lipinski definition) is 4. The van der Waals surface area contributed by atoms with E-state index in [2.05, 4.69) is 10.3 Å². The molecule has 2 rings (SSSR count). The topological polar surface area (TPSA) is 34.1 Å². The number of aryl methyl sites for hydroxylation is 1. The van der Waals surface area contributed by atoms with Crippen molar-refractivity contribution in [2.24, 2.45) is 0 Å². The van der Waals surface area contributed by atoms with Gasteiger partial charge < -0.3 is 10.1 Å². The highest BCUT2D eigenvalue weighted by molar-refractivity contribution is 7.09. The van der Waals surface area contributed by atoms with Crippen molar-refractivity contribution in [1.29, 1.82) is 0 Å². The second-order valence-corrected chi connectivity index (χ2v) is 5.26. The molecular formula is C14H17FN2OS. The second kappa shape index (κ2) is 6.12. The van der Waals surface area contributed by atoms with Crippen molar-refractivity contribution in [2.75, 3.05) is 7.11 Å². The first-order valence-corrected chi connectivity index (χ1v) is 6.96. The molecular weight excluding hydrogens is 263 g/mol. The molecule has 19 heavy (non-hydrogen) atoms. The number of hydrogen-bond donors (Lipinski definition) is 1. The van der Waals surface area contributed by atoms with Crippen LogP contribution in [0.25, 0.3) is 0 Å². The van der Waals surface area contributed by atoms with Crippen molar-refractivity contribution in [2.45, 2.75) is 26.4 Å². The van der Waals surface area contributed by atoms with Crippen molar-refractivity contribution in [1.82, 2.24) is 10.3 Å². The van der Waals surface area contributed by atoms with Gasteiger partial charge in [0.25, 0.3) is 0 Å². The highest BCUT2D eigenvalue weighted by atomic mass is 32.1. The summed E-state index contributed by atoms with van der Waals surface area (Å²) in [6, 6.07) is 4.75. The quantitative estimate of drug-likeness (QED) is 0.911. The maximum absolute atomic E-state index is 13.9. The summed E-state index contributed by atoms with van der Waals surface area (Å²) in [6.07, 6.45) is 0. The summed E-state index contributed by atoms with van der Waals surface area (Å²) in [5.74, 6) is 0.321. The molecule has 0 aliphatic carbocycles. The largest absolute Gasteiger partial charge is 0.496 e. The number of rotatable bonds is 5. The summed E-state index contributed by atoms with van der Waals surface area (Å²) in [6.45, 7) is 4.58. The molecule has 0 aliphatic heterocycles. The van der Waals surface area contributed by atoms with Crippen LogP contribution in [0.3, 0.4) is 0 Å². The predicted molar refractivity (Wildman–Crippen MR) is 75.1 cm³/mol. The maximum atomic E-state index is 13.9. The SMILES string of the molecule is COc1cccc(F)c1C(C)NCc1scnc1C. The van der Waals surface area contributed by atoms with Crippen LogP contribution in [-0.2, 0) is 6.54 Å². The van der Waals surface area contributed by atoms with E-state index in [0.29, 0.717) is 17.9 Å². The van der Waals surface area contributed by atoms with Gasteiger partial charge in [-0.2, -0.15) is 0 Å². The third-order valence-corrected chi connectivity index (χ3v) is 4.01. The first-order valence-electron chi connectivity index (χ1n) is 6.08. The fourth-order valence-corrected chi connectivity index (χ4v) is 2.69. The second-order valence-electron chi connectivity index (χ2n) is 4.32. The molecule has 5 heteroatoms. The van der Waals surface area contributed by atoms with E-state index in [4.69, 9.17) is 4.74 Å². The van der Waals surface area contributed by atoms with E-state index in [1.807, 2.05) is 19.4 Å². The van der Waals surface area contributed by atoms with Crippen LogP contribution in [0, 0.1) is 12.7 Å². The zero-order chi connectivity index (χ0) is 13.8. The Morgan fingerprint density at radius 3 is 2.89 bits per heavy atom. The molecule has 0 saturated heterocycles. The van der Waals surface area contributed by atoms with E-state index in [0.717, 1.165) is 5.69 Å². The fraction of sp³-hybridized carbons (Fsp3) is 0.357.